The summed E-state index contributed by atoms with van der Waals surface area (Å²) in [6.45, 7) is 2.60. The average molecular weight is 405 g/mol. The van der Waals surface area contributed by atoms with Crippen LogP contribution in [0.1, 0.15) is 71.1 Å². The number of hydrogen-bond acceptors (Lipinski definition) is 3. The number of rotatable bonds is 14. The molecule has 156 valence electrons. The summed E-state index contributed by atoms with van der Waals surface area (Å²) in [5.41, 5.74) is 0. The van der Waals surface area contributed by atoms with Crippen LogP contribution in [0.25, 0.3) is 0 Å². The van der Waals surface area contributed by atoms with Crippen molar-refractivity contribution in [1.82, 2.24) is 0 Å². The molecule has 0 saturated heterocycles. The molecular weight excluding hydrogens is 367 g/mol. The maximum absolute atomic E-state index is 11.4. The Morgan fingerprint density at radius 1 is 0.607 bits per heavy atom. The molecule has 0 unspecified atom stereocenters. The van der Waals surface area contributed by atoms with Gasteiger partial charge in [-0.25, -0.2) is 0 Å². The van der Waals surface area contributed by atoms with Crippen LogP contribution in [0.2, 0.25) is 0 Å². The Morgan fingerprint density at radius 3 is 1.43 bits per heavy atom. The van der Waals surface area contributed by atoms with Gasteiger partial charge in [0.1, 0.15) is 0 Å². The molecule has 0 aliphatic carbocycles. The maximum atomic E-state index is 11.4. The predicted molar refractivity (Wildman–Crippen MR) is 121 cm³/mol. The number of benzene rings is 2. The molecule has 0 aliphatic rings. The van der Waals surface area contributed by atoms with Crippen LogP contribution >= 0.6 is 7.28 Å². The van der Waals surface area contributed by atoms with Crippen molar-refractivity contribution in [1.29, 1.82) is 0 Å². The molecule has 0 atom stereocenters. The van der Waals surface area contributed by atoms with Gasteiger partial charge < -0.3 is 0 Å². The second-order valence-electron chi connectivity index (χ2n) is 7.63. The summed E-state index contributed by atoms with van der Waals surface area (Å²) >= 11 is 0. The first-order chi connectivity index (χ1) is 13.6. The van der Waals surface area contributed by atoms with Gasteiger partial charge in [0.15, 0.2) is 0 Å². The van der Waals surface area contributed by atoms with Crippen molar-refractivity contribution in [2.75, 3.05) is 6.61 Å². The molecule has 2 aromatic carbocycles. The zero-order valence-electron chi connectivity index (χ0n) is 17.3. The Labute approximate surface area is 170 Å². The third-order valence-corrected chi connectivity index (χ3v) is 8.41. The zero-order valence-corrected chi connectivity index (χ0v) is 18.2. The first kappa shape index (κ1) is 23.0. The van der Waals surface area contributed by atoms with Crippen LogP contribution in [-0.2, 0) is 4.52 Å². The Hall–Kier alpha value is -1.25. The second-order valence-corrected chi connectivity index (χ2v) is 10.8. The zero-order chi connectivity index (χ0) is 20.2. The van der Waals surface area contributed by atoms with Crippen LogP contribution in [0, 0.1) is 0 Å². The second kappa shape index (κ2) is 11.7. The van der Waals surface area contributed by atoms with Crippen molar-refractivity contribution in [3.8, 4) is 0 Å². The van der Waals surface area contributed by atoms with Gasteiger partial charge in [0.2, 0.25) is 0 Å². The topological polar surface area (TPSA) is 49.7 Å². The van der Waals surface area contributed by atoms with Gasteiger partial charge in [-0.15, -0.1) is 0 Å². The van der Waals surface area contributed by atoms with Gasteiger partial charge in [0.05, 0.1) is 0 Å². The van der Waals surface area contributed by atoms with E-state index in [0.717, 1.165) is 12.8 Å². The fourth-order valence-electron chi connectivity index (χ4n) is 3.52. The molecule has 2 rings (SSSR count). The van der Waals surface area contributed by atoms with E-state index in [9.17, 15) is 9.79 Å². The van der Waals surface area contributed by atoms with E-state index in [2.05, 4.69) is 6.92 Å². The molecule has 0 heterocycles. The Morgan fingerprint density at radius 2 is 1.00 bits per heavy atom. The van der Waals surface area contributed by atoms with Crippen molar-refractivity contribution < 1.29 is 14.3 Å². The van der Waals surface area contributed by atoms with Gasteiger partial charge in [-0.05, 0) is 0 Å². The third-order valence-electron chi connectivity index (χ3n) is 5.28. The summed E-state index contributed by atoms with van der Waals surface area (Å²) in [4.78, 5) is 22.9. The molecule has 4 heteroatoms. The van der Waals surface area contributed by atoms with E-state index in [-0.39, 0.29) is 0 Å². The summed E-state index contributed by atoms with van der Waals surface area (Å²) in [6, 6.07) is 18.0. The summed E-state index contributed by atoms with van der Waals surface area (Å²) in [5.74, 6) is 0. The van der Waals surface area contributed by atoms with Crippen LogP contribution in [-0.4, -0.2) is 16.4 Å². The van der Waals surface area contributed by atoms with E-state index >= 15 is 0 Å². The van der Waals surface area contributed by atoms with Gasteiger partial charge >= 0.3 is 164 Å². The van der Waals surface area contributed by atoms with Crippen molar-refractivity contribution in [2.45, 2.75) is 71.1 Å². The molecule has 0 saturated carbocycles. The monoisotopic (exact) mass is 404 g/mol. The minimum atomic E-state index is -4.59. The molecule has 0 aliphatic heterocycles. The Bertz CT molecular complexity index is 615. The summed E-state index contributed by atoms with van der Waals surface area (Å²) < 4.78 is 5.90. The molecule has 0 spiro atoms. The third kappa shape index (κ3) is 6.67. The summed E-state index contributed by atoms with van der Waals surface area (Å²) in [5, 5.41) is 0.901. The van der Waals surface area contributed by atoms with E-state index in [1.165, 1.54) is 51.4 Å². The van der Waals surface area contributed by atoms with Crippen LogP contribution < -0.4 is 10.6 Å². The van der Waals surface area contributed by atoms with E-state index < -0.39 is 7.28 Å². The Kier molecular flexibility index (Phi) is 9.61. The minimum absolute atomic E-state index is 0.352. The standard InChI is InChI=1S/C24H37O3P/c1-2-3-4-5-6-7-8-9-10-17-22-27-28(25,26,23-18-13-11-14-19-23)24-20-15-12-16-21-24/h11-16,18-21,25-26H,2-10,17,22H2,1H3. The normalized spacial score (nSPS) is 13.2. The predicted octanol–water partition coefficient (Wildman–Crippen LogP) is 5.86. The van der Waals surface area contributed by atoms with E-state index in [4.69, 9.17) is 4.52 Å². The van der Waals surface area contributed by atoms with E-state index in [1.807, 2.05) is 36.4 Å². The number of unbranched alkanes of at least 4 members (excludes halogenated alkanes) is 9. The van der Waals surface area contributed by atoms with Crippen LogP contribution in [0.15, 0.2) is 60.7 Å². The number of hydrogen-bond donors (Lipinski definition) is 2. The summed E-state index contributed by atoms with van der Waals surface area (Å²) in [6.07, 6.45) is 12.4. The SMILES string of the molecule is CCCCCCCCCCCCOP(O)(O)(c1ccccc1)c1ccccc1. The fraction of sp³-hybridized carbons (Fsp3) is 0.500. The van der Waals surface area contributed by atoms with Crippen LogP contribution in [0.4, 0.5) is 0 Å². The summed E-state index contributed by atoms with van der Waals surface area (Å²) in [7, 11) is -4.59. The molecule has 2 N–H and O–H groups in total. The van der Waals surface area contributed by atoms with Crippen molar-refractivity contribution >= 4 is 17.9 Å². The Balaban J connectivity index is 1.82. The van der Waals surface area contributed by atoms with E-state index in [1.54, 1.807) is 24.3 Å². The molecule has 3 nitrogen and oxygen atoms in total. The van der Waals surface area contributed by atoms with E-state index in [0.29, 0.717) is 17.2 Å². The average Bonchev–Trinajstić information content (AvgIpc) is 2.73. The first-order valence-corrected chi connectivity index (χ1v) is 12.9. The van der Waals surface area contributed by atoms with Crippen molar-refractivity contribution in [3.63, 3.8) is 0 Å². The van der Waals surface area contributed by atoms with Crippen molar-refractivity contribution in [2.24, 2.45) is 0 Å². The molecule has 0 bridgehead atoms. The molecule has 2 aromatic rings. The van der Waals surface area contributed by atoms with Crippen LogP contribution in [0.3, 0.4) is 0 Å². The van der Waals surface area contributed by atoms with Gasteiger partial charge in [-0.1, -0.05) is 6.92 Å². The molecule has 28 heavy (non-hydrogen) atoms. The fourth-order valence-corrected chi connectivity index (χ4v) is 6.01. The molecule has 0 amide bonds. The first-order valence-electron chi connectivity index (χ1n) is 10.8. The van der Waals surface area contributed by atoms with Crippen molar-refractivity contribution in [3.05, 3.63) is 60.7 Å². The molecular formula is C24H37O3P. The van der Waals surface area contributed by atoms with Gasteiger partial charge in [0.25, 0.3) is 0 Å². The molecule has 0 aromatic heterocycles. The molecule has 0 fully saturated rings. The van der Waals surface area contributed by atoms with Gasteiger partial charge in [-0.2, -0.15) is 0 Å². The van der Waals surface area contributed by atoms with Crippen LogP contribution in [0.5, 0.6) is 0 Å². The quantitative estimate of drug-likeness (QED) is 0.306. The van der Waals surface area contributed by atoms with Gasteiger partial charge in [0, 0.05) is 0 Å². The van der Waals surface area contributed by atoms with Gasteiger partial charge in [-0.3, -0.25) is 0 Å². The molecule has 0 radical (unpaired) electrons.